The molecule has 7 nitrogen and oxygen atoms in total. The molecular formula is C23H20N6O. The third kappa shape index (κ3) is 3.00. The Bertz CT molecular complexity index is 1300. The van der Waals surface area contributed by atoms with Crippen LogP contribution in [0.4, 0.5) is 11.6 Å². The number of allylic oxidation sites excluding steroid dienone is 1. The van der Waals surface area contributed by atoms with Crippen molar-refractivity contribution in [2.45, 2.75) is 19.9 Å². The first-order valence-electron chi connectivity index (χ1n) is 9.73. The van der Waals surface area contributed by atoms with Gasteiger partial charge >= 0.3 is 0 Å². The van der Waals surface area contributed by atoms with E-state index in [1.807, 2.05) is 62.4 Å². The molecule has 1 unspecified atom stereocenters. The zero-order chi connectivity index (χ0) is 20.7. The van der Waals surface area contributed by atoms with E-state index in [0.717, 1.165) is 33.3 Å². The van der Waals surface area contributed by atoms with Crippen molar-refractivity contribution < 1.29 is 4.79 Å². The maximum Gasteiger partial charge on any atom is 0.255 e. The van der Waals surface area contributed by atoms with Gasteiger partial charge in [0.05, 0.1) is 5.57 Å². The molecule has 5 rings (SSSR count). The Labute approximate surface area is 173 Å². The Hall–Kier alpha value is -4.00. The maximum absolute atomic E-state index is 13.4. The van der Waals surface area contributed by atoms with Gasteiger partial charge in [-0.3, -0.25) is 4.79 Å². The molecule has 2 heterocycles. The number of carbonyl (C=O) groups is 1. The molecule has 148 valence electrons. The van der Waals surface area contributed by atoms with E-state index in [0.29, 0.717) is 11.5 Å². The van der Waals surface area contributed by atoms with Crippen molar-refractivity contribution >= 4 is 28.3 Å². The fraction of sp³-hybridized carbons (Fsp3) is 0.130. The summed E-state index contributed by atoms with van der Waals surface area (Å²) in [6.45, 7) is 3.87. The molecule has 0 radical (unpaired) electrons. The summed E-state index contributed by atoms with van der Waals surface area (Å²) in [7, 11) is 0. The van der Waals surface area contributed by atoms with Gasteiger partial charge in [-0.25, -0.2) is 0 Å². The van der Waals surface area contributed by atoms with Crippen molar-refractivity contribution in [1.82, 2.24) is 20.2 Å². The third-order valence-electron chi connectivity index (χ3n) is 5.35. The van der Waals surface area contributed by atoms with E-state index in [-0.39, 0.29) is 5.91 Å². The molecular weight excluding hydrogens is 376 g/mol. The normalized spacial score (nSPS) is 15.6. The molecule has 1 atom stereocenters. The number of anilines is 2. The van der Waals surface area contributed by atoms with E-state index in [2.05, 4.69) is 44.4 Å². The van der Waals surface area contributed by atoms with Crippen LogP contribution in [-0.2, 0) is 4.79 Å². The number of tetrazole rings is 1. The van der Waals surface area contributed by atoms with Gasteiger partial charge in [0.25, 0.3) is 5.91 Å². The lowest BCUT2D eigenvalue weighted by molar-refractivity contribution is -0.113. The predicted molar refractivity (Wildman–Crippen MR) is 116 cm³/mol. The van der Waals surface area contributed by atoms with Crippen molar-refractivity contribution in [2.24, 2.45) is 0 Å². The van der Waals surface area contributed by atoms with Crippen LogP contribution in [0.5, 0.6) is 0 Å². The second-order valence-electron chi connectivity index (χ2n) is 7.41. The monoisotopic (exact) mass is 396 g/mol. The van der Waals surface area contributed by atoms with Crippen LogP contribution in [0.25, 0.3) is 10.8 Å². The van der Waals surface area contributed by atoms with Gasteiger partial charge in [-0.2, -0.15) is 4.68 Å². The molecule has 0 bridgehead atoms. The molecule has 0 aliphatic carbocycles. The number of nitrogens with zero attached hydrogens (tertiary/aromatic N) is 4. The van der Waals surface area contributed by atoms with Gasteiger partial charge < -0.3 is 10.6 Å². The van der Waals surface area contributed by atoms with Gasteiger partial charge in [0.1, 0.15) is 6.04 Å². The Balaban J connectivity index is 1.65. The Morgan fingerprint density at radius 1 is 1.03 bits per heavy atom. The number of benzene rings is 3. The zero-order valence-corrected chi connectivity index (χ0v) is 16.6. The second kappa shape index (κ2) is 7.11. The van der Waals surface area contributed by atoms with E-state index in [1.165, 1.54) is 0 Å². The van der Waals surface area contributed by atoms with E-state index >= 15 is 0 Å². The highest BCUT2D eigenvalue weighted by atomic mass is 16.1. The third-order valence-corrected chi connectivity index (χ3v) is 5.35. The number of rotatable bonds is 3. The highest BCUT2D eigenvalue weighted by molar-refractivity contribution is 6.06. The van der Waals surface area contributed by atoms with E-state index in [1.54, 1.807) is 4.68 Å². The number of carbonyl (C=O) groups excluding carboxylic acids is 1. The molecule has 4 aromatic rings. The molecule has 0 saturated carbocycles. The molecule has 2 N–H and O–H groups in total. The van der Waals surface area contributed by atoms with Crippen molar-refractivity contribution in [3.63, 3.8) is 0 Å². The van der Waals surface area contributed by atoms with Crippen LogP contribution < -0.4 is 10.6 Å². The minimum absolute atomic E-state index is 0.190. The predicted octanol–water partition coefficient (Wildman–Crippen LogP) is 4.06. The number of nitrogens with one attached hydrogen (secondary N) is 2. The highest BCUT2D eigenvalue weighted by Crippen LogP contribution is 2.37. The highest BCUT2D eigenvalue weighted by Gasteiger charge is 2.34. The summed E-state index contributed by atoms with van der Waals surface area (Å²) in [5, 5.41) is 20.4. The fourth-order valence-electron chi connectivity index (χ4n) is 4.00. The SMILES string of the molecule is CC1=C(C(=O)Nc2cccc(C)c2)C(c2cccc3ccccc23)n2nnnc2N1. The summed E-state index contributed by atoms with van der Waals surface area (Å²) in [6.07, 6.45) is 0. The number of hydrogen-bond donors (Lipinski definition) is 2. The van der Waals surface area contributed by atoms with Gasteiger partial charge in [-0.05, 0) is 58.3 Å². The molecule has 1 amide bonds. The van der Waals surface area contributed by atoms with Crippen molar-refractivity contribution in [3.8, 4) is 0 Å². The number of amides is 1. The molecule has 0 spiro atoms. The van der Waals surface area contributed by atoms with Crippen molar-refractivity contribution in [1.29, 1.82) is 0 Å². The summed E-state index contributed by atoms with van der Waals surface area (Å²) >= 11 is 0. The summed E-state index contributed by atoms with van der Waals surface area (Å²) in [4.78, 5) is 13.4. The fourth-order valence-corrected chi connectivity index (χ4v) is 4.00. The molecule has 1 aliphatic rings. The maximum atomic E-state index is 13.4. The lowest BCUT2D eigenvalue weighted by Gasteiger charge is -2.28. The van der Waals surface area contributed by atoms with Gasteiger partial charge in [0.2, 0.25) is 5.95 Å². The second-order valence-corrected chi connectivity index (χ2v) is 7.41. The summed E-state index contributed by atoms with van der Waals surface area (Å²) < 4.78 is 1.67. The minimum Gasteiger partial charge on any atom is -0.326 e. The quantitative estimate of drug-likeness (QED) is 0.545. The van der Waals surface area contributed by atoms with E-state index < -0.39 is 6.04 Å². The van der Waals surface area contributed by atoms with E-state index in [9.17, 15) is 4.79 Å². The summed E-state index contributed by atoms with van der Waals surface area (Å²) in [5.41, 5.74) is 4.10. The molecule has 0 saturated heterocycles. The standard InChI is InChI=1S/C23H20N6O/c1-14-7-5-10-17(13-14)25-22(30)20-15(2)24-23-26-27-28-29(23)21(20)19-12-6-9-16-8-3-4-11-18(16)19/h3-13,21H,1-2H3,(H,25,30)(H,24,26,28). The first-order chi connectivity index (χ1) is 14.6. The van der Waals surface area contributed by atoms with Gasteiger partial charge in [-0.15, -0.1) is 0 Å². The smallest absolute Gasteiger partial charge is 0.255 e. The Kier molecular flexibility index (Phi) is 4.28. The largest absolute Gasteiger partial charge is 0.326 e. The van der Waals surface area contributed by atoms with Crippen LogP contribution in [0.1, 0.15) is 24.1 Å². The summed E-state index contributed by atoms with van der Waals surface area (Å²) in [6, 6.07) is 21.5. The van der Waals surface area contributed by atoms with Crippen LogP contribution >= 0.6 is 0 Å². The lowest BCUT2D eigenvalue weighted by Crippen LogP contribution is -2.31. The molecule has 7 heteroatoms. The Morgan fingerprint density at radius 2 is 1.83 bits per heavy atom. The Morgan fingerprint density at radius 3 is 2.70 bits per heavy atom. The lowest BCUT2D eigenvalue weighted by atomic mass is 9.91. The topological polar surface area (TPSA) is 84.7 Å². The van der Waals surface area contributed by atoms with Crippen LogP contribution in [0, 0.1) is 6.92 Å². The molecule has 30 heavy (non-hydrogen) atoms. The minimum atomic E-state index is -0.452. The number of aryl methyl sites for hydroxylation is 1. The van der Waals surface area contributed by atoms with Gasteiger partial charge in [-0.1, -0.05) is 59.7 Å². The zero-order valence-electron chi connectivity index (χ0n) is 16.6. The van der Waals surface area contributed by atoms with Crippen LogP contribution in [0.3, 0.4) is 0 Å². The first-order valence-corrected chi connectivity index (χ1v) is 9.73. The molecule has 3 aromatic carbocycles. The van der Waals surface area contributed by atoms with Crippen molar-refractivity contribution in [3.05, 3.63) is 89.1 Å². The molecule has 0 fully saturated rings. The van der Waals surface area contributed by atoms with Crippen LogP contribution in [-0.4, -0.2) is 26.1 Å². The molecule has 1 aromatic heterocycles. The van der Waals surface area contributed by atoms with Gasteiger partial charge in [0, 0.05) is 11.4 Å². The van der Waals surface area contributed by atoms with Crippen molar-refractivity contribution in [2.75, 3.05) is 10.6 Å². The average Bonchev–Trinajstić information content (AvgIpc) is 3.20. The number of hydrogen-bond acceptors (Lipinski definition) is 5. The van der Waals surface area contributed by atoms with Crippen LogP contribution in [0.2, 0.25) is 0 Å². The average molecular weight is 396 g/mol. The van der Waals surface area contributed by atoms with Gasteiger partial charge in [0.15, 0.2) is 0 Å². The van der Waals surface area contributed by atoms with Crippen LogP contribution in [0.15, 0.2) is 78.0 Å². The molecule has 1 aliphatic heterocycles. The summed E-state index contributed by atoms with van der Waals surface area (Å²) in [5.74, 6) is 0.322. The number of fused-ring (bicyclic) bond motifs is 2. The van der Waals surface area contributed by atoms with E-state index in [4.69, 9.17) is 0 Å². The first kappa shape index (κ1) is 18.1. The number of aromatic nitrogens is 4.